The first-order chi connectivity index (χ1) is 15.6. The third-order valence-electron chi connectivity index (χ3n) is 6.64. The fourth-order valence-electron chi connectivity index (χ4n) is 4.87. The molecule has 6 nitrogen and oxygen atoms in total. The van der Waals surface area contributed by atoms with Crippen LogP contribution in [0.2, 0.25) is 0 Å². The summed E-state index contributed by atoms with van der Waals surface area (Å²) in [5.41, 5.74) is 3.50. The molecule has 0 bridgehead atoms. The smallest absolute Gasteiger partial charge is 0.261 e. The van der Waals surface area contributed by atoms with Gasteiger partial charge in [0.25, 0.3) is 11.5 Å². The molecule has 164 valence electrons. The van der Waals surface area contributed by atoms with Crippen LogP contribution in [-0.4, -0.2) is 42.6 Å². The van der Waals surface area contributed by atoms with Gasteiger partial charge in [0.2, 0.25) is 0 Å². The van der Waals surface area contributed by atoms with E-state index in [0.717, 1.165) is 17.7 Å². The van der Waals surface area contributed by atoms with Gasteiger partial charge in [-0.3, -0.25) is 9.59 Å². The van der Waals surface area contributed by atoms with E-state index in [0.29, 0.717) is 38.2 Å². The van der Waals surface area contributed by atoms with Crippen LogP contribution in [0.1, 0.15) is 34.3 Å². The maximum Gasteiger partial charge on any atom is 0.261 e. The molecule has 5 rings (SSSR count). The van der Waals surface area contributed by atoms with Gasteiger partial charge in [-0.1, -0.05) is 36.4 Å². The molecule has 1 spiro atoms. The minimum absolute atomic E-state index is 0.176. The first-order valence-electron chi connectivity index (χ1n) is 11.0. The zero-order valence-corrected chi connectivity index (χ0v) is 18.1. The van der Waals surface area contributed by atoms with Crippen LogP contribution in [0.15, 0.2) is 65.5 Å². The molecule has 0 radical (unpaired) electrons. The Balaban J connectivity index is 1.33. The molecule has 0 atom stereocenters. The van der Waals surface area contributed by atoms with Crippen molar-refractivity contribution in [3.63, 3.8) is 0 Å². The van der Waals surface area contributed by atoms with Crippen LogP contribution in [-0.2, 0) is 16.8 Å². The highest BCUT2D eigenvalue weighted by molar-refractivity contribution is 5.94. The largest absolute Gasteiger partial charge is 0.497 e. The normalized spacial score (nSPS) is 17.1. The number of hydrogen-bond acceptors (Lipinski definition) is 4. The second kappa shape index (κ2) is 8.28. The van der Waals surface area contributed by atoms with Crippen molar-refractivity contribution in [2.24, 2.45) is 0 Å². The lowest BCUT2D eigenvalue weighted by Crippen LogP contribution is -2.49. The Bertz CT molecular complexity index is 1190. The number of aromatic amines is 1. The Morgan fingerprint density at radius 1 is 1.06 bits per heavy atom. The summed E-state index contributed by atoms with van der Waals surface area (Å²) < 4.78 is 11.7. The number of nitrogens with zero attached hydrogens (tertiary/aromatic N) is 1. The number of amides is 1. The Kier molecular flexibility index (Phi) is 5.31. The summed E-state index contributed by atoms with van der Waals surface area (Å²) in [7, 11) is 1.68. The summed E-state index contributed by atoms with van der Waals surface area (Å²) in [6, 6.07) is 19.2. The maximum atomic E-state index is 13.1. The van der Waals surface area contributed by atoms with Crippen LogP contribution in [0.25, 0.3) is 11.3 Å². The first-order valence-corrected chi connectivity index (χ1v) is 11.0. The van der Waals surface area contributed by atoms with Gasteiger partial charge in [-0.15, -0.1) is 0 Å². The zero-order valence-electron chi connectivity index (χ0n) is 18.1. The third-order valence-corrected chi connectivity index (χ3v) is 6.64. The Hall–Kier alpha value is -3.38. The number of nitrogens with one attached hydrogen (secondary N) is 1. The lowest BCUT2D eigenvalue weighted by atomic mass is 9.79. The van der Waals surface area contributed by atoms with Crippen molar-refractivity contribution in [1.29, 1.82) is 0 Å². The molecule has 0 unspecified atom stereocenters. The van der Waals surface area contributed by atoms with E-state index in [4.69, 9.17) is 9.47 Å². The molecule has 1 N–H and O–H groups in total. The number of carbonyl (C=O) groups excluding carboxylic acids is 1. The number of methoxy groups -OCH3 is 1. The highest BCUT2D eigenvalue weighted by Gasteiger charge is 2.42. The van der Waals surface area contributed by atoms with Crippen molar-refractivity contribution in [3.8, 4) is 17.0 Å². The Morgan fingerprint density at radius 3 is 2.56 bits per heavy atom. The fraction of sp³-hybridized carbons (Fsp3) is 0.308. The van der Waals surface area contributed by atoms with Gasteiger partial charge in [0.15, 0.2) is 0 Å². The van der Waals surface area contributed by atoms with Crippen LogP contribution < -0.4 is 10.3 Å². The molecule has 3 aromatic rings. The van der Waals surface area contributed by atoms with E-state index >= 15 is 0 Å². The van der Waals surface area contributed by atoms with Gasteiger partial charge in [0, 0.05) is 18.8 Å². The van der Waals surface area contributed by atoms with Gasteiger partial charge in [-0.25, -0.2) is 0 Å². The second-order valence-corrected chi connectivity index (χ2v) is 8.39. The topological polar surface area (TPSA) is 71.6 Å². The molecular weight excluding hydrogens is 404 g/mol. The van der Waals surface area contributed by atoms with E-state index in [1.54, 1.807) is 24.1 Å². The molecule has 1 aromatic heterocycles. The third kappa shape index (κ3) is 3.60. The van der Waals surface area contributed by atoms with Crippen LogP contribution in [0, 0.1) is 0 Å². The first kappa shape index (κ1) is 20.5. The van der Waals surface area contributed by atoms with Crippen molar-refractivity contribution in [1.82, 2.24) is 9.88 Å². The summed E-state index contributed by atoms with van der Waals surface area (Å²) in [5, 5.41) is 0. The number of piperidine rings is 1. The lowest BCUT2D eigenvalue weighted by Gasteiger charge is -2.45. The number of likely N-dealkylation sites (tertiary alicyclic amines) is 1. The van der Waals surface area contributed by atoms with Gasteiger partial charge in [0.05, 0.1) is 19.3 Å². The molecule has 0 saturated carbocycles. The van der Waals surface area contributed by atoms with Crippen molar-refractivity contribution in [3.05, 3.63) is 87.7 Å². The Labute approximate surface area is 186 Å². The number of pyridine rings is 1. The number of fused-ring (bicyclic) bond motifs is 2. The van der Waals surface area contributed by atoms with E-state index < -0.39 is 0 Å². The SMILES string of the molecule is COc1ccc2c(c1)CCOC21CCN(C(=O)c2ccc(-c3ccccc3)[nH]c2=O)CC1. The number of ether oxygens (including phenoxy) is 2. The highest BCUT2D eigenvalue weighted by Crippen LogP contribution is 2.42. The van der Waals surface area contributed by atoms with Crippen molar-refractivity contribution in [2.45, 2.75) is 24.9 Å². The number of benzene rings is 2. The summed E-state index contributed by atoms with van der Waals surface area (Å²) in [6.45, 7) is 1.75. The van der Waals surface area contributed by atoms with Crippen molar-refractivity contribution >= 4 is 5.91 Å². The van der Waals surface area contributed by atoms with E-state index in [-0.39, 0.29) is 22.6 Å². The monoisotopic (exact) mass is 430 g/mol. The average molecular weight is 431 g/mol. The Morgan fingerprint density at radius 2 is 1.84 bits per heavy atom. The van der Waals surface area contributed by atoms with Crippen molar-refractivity contribution in [2.75, 3.05) is 26.8 Å². The van der Waals surface area contributed by atoms with Gasteiger partial charge >= 0.3 is 0 Å². The predicted octanol–water partition coefficient (Wildman–Crippen LogP) is 3.75. The molecule has 2 aromatic carbocycles. The van der Waals surface area contributed by atoms with Crippen LogP contribution in [0.4, 0.5) is 0 Å². The quantitative estimate of drug-likeness (QED) is 0.687. The maximum absolute atomic E-state index is 13.1. The van der Waals surface area contributed by atoms with Crippen LogP contribution in [0.5, 0.6) is 5.75 Å². The number of aromatic nitrogens is 1. The molecule has 2 aliphatic rings. The molecule has 2 aliphatic heterocycles. The van der Waals surface area contributed by atoms with Gasteiger partial charge in [-0.2, -0.15) is 0 Å². The number of rotatable bonds is 3. The fourth-order valence-corrected chi connectivity index (χ4v) is 4.87. The summed E-state index contributed by atoms with van der Waals surface area (Å²) in [5.74, 6) is 0.623. The molecule has 1 fully saturated rings. The number of H-pyrrole nitrogens is 1. The van der Waals surface area contributed by atoms with Crippen LogP contribution >= 0.6 is 0 Å². The summed E-state index contributed by atoms with van der Waals surface area (Å²) in [4.78, 5) is 30.4. The van der Waals surface area contributed by atoms with Gasteiger partial charge in [-0.05, 0) is 60.2 Å². The van der Waals surface area contributed by atoms with Gasteiger partial charge in [0.1, 0.15) is 11.3 Å². The number of carbonyl (C=O) groups is 1. The molecule has 0 aliphatic carbocycles. The molecule has 1 amide bonds. The molecule has 32 heavy (non-hydrogen) atoms. The van der Waals surface area contributed by atoms with Crippen LogP contribution in [0.3, 0.4) is 0 Å². The molecule has 1 saturated heterocycles. The minimum atomic E-state index is -0.375. The molecular formula is C26H26N2O4. The van der Waals surface area contributed by atoms with E-state index in [1.807, 2.05) is 36.4 Å². The lowest BCUT2D eigenvalue weighted by molar-refractivity contribution is -0.0935. The summed E-state index contributed by atoms with van der Waals surface area (Å²) in [6.07, 6.45) is 2.27. The van der Waals surface area contributed by atoms with E-state index in [2.05, 4.69) is 17.1 Å². The average Bonchev–Trinajstić information content (AvgIpc) is 2.84. The number of hydrogen-bond donors (Lipinski definition) is 1. The van der Waals surface area contributed by atoms with Gasteiger partial charge < -0.3 is 19.4 Å². The van der Waals surface area contributed by atoms with Crippen molar-refractivity contribution < 1.29 is 14.3 Å². The second-order valence-electron chi connectivity index (χ2n) is 8.39. The standard InChI is InChI=1S/C26H26N2O4/c1-31-20-7-9-22-19(17-20)11-16-32-26(22)12-14-28(15-13-26)25(30)21-8-10-23(27-24(21)29)18-5-3-2-4-6-18/h2-10,17H,11-16H2,1H3,(H,27,29). The zero-order chi connectivity index (χ0) is 22.1. The van der Waals surface area contributed by atoms with E-state index in [9.17, 15) is 9.59 Å². The van der Waals surface area contributed by atoms with E-state index in [1.165, 1.54) is 11.1 Å². The molecule has 3 heterocycles. The summed E-state index contributed by atoms with van der Waals surface area (Å²) >= 11 is 0. The predicted molar refractivity (Wildman–Crippen MR) is 122 cm³/mol. The molecule has 6 heteroatoms. The minimum Gasteiger partial charge on any atom is -0.497 e. The highest BCUT2D eigenvalue weighted by atomic mass is 16.5.